The summed E-state index contributed by atoms with van der Waals surface area (Å²) in [4.78, 5) is 10.2. The van der Waals surface area contributed by atoms with E-state index in [1.165, 1.54) is 0 Å². The number of aliphatic carboxylic acids is 1. The van der Waals surface area contributed by atoms with Crippen molar-refractivity contribution in [2.24, 2.45) is 5.41 Å². The predicted octanol–water partition coefficient (Wildman–Crippen LogP) is 2.06. The Balaban J connectivity index is 2.79. The summed E-state index contributed by atoms with van der Waals surface area (Å²) in [6.45, 7) is 0. The van der Waals surface area contributed by atoms with Gasteiger partial charge in [0.05, 0.1) is 11.8 Å². The van der Waals surface area contributed by atoms with Crippen LogP contribution in [-0.2, 0) is 4.79 Å². The quantitative estimate of drug-likeness (QED) is 0.734. The summed E-state index contributed by atoms with van der Waals surface area (Å²) in [5.41, 5.74) is -1.89. The molecule has 0 aromatic heterocycles. The largest absolute Gasteiger partial charge is 0.481 e. The molecule has 2 nitrogen and oxygen atoms in total. The van der Waals surface area contributed by atoms with Crippen LogP contribution in [0.25, 0.3) is 0 Å². The normalized spacial score (nSPS) is 36.8. The van der Waals surface area contributed by atoms with Crippen molar-refractivity contribution in [3.63, 3.8) is 0 Å². The third-order valence-corrected chi connectivity index (χ3v) is 2.93. The van der Waals surface area contributed by atoms with Gasteiger partial charge in [-0.1, -0.05) is 0 Å². The third-order valence-electron chi connectivity index (χ3n) is 2.42. The van der Waals surface area contributed by atoms with E-state index in [1.54, 1.807) is 0 Å². The molecule has 13 heavy (non-hydrogen) atoms. The van der Waals surface area contributed by atoms with Crippen molar-refractivity contribution in [1.29, 1.82) is 0 Å². The molecule has 0 aliphatic heterocycles. The van der Waals surface area contributed by atoms with Crippen molar-refractivity contribution in [3.8, 4) is 0 Å². The van der Waals surface area contributed by atoms with Crippen molar-refractivity contribution < 1.29 is 23.1 Å². The minimum atomic E-state index is -3.60. The van der Waals surface area contributed by atoms with Gasteiger partial charge in [-0.25, -0.2) is 13.2 Å². The highest BCUT2D eigenvalue weighted by molar-refractivity contribution is 6.18. The van der Waals surface area contributed by atoms with Crippen LogP contribution in [0.15, 0.2) is 0 Å². The molecule has 76 valence electrons. The zero-order chi connectivity index (χ0) is 10.3. The Hall–Kier alpha value is -0.450. The number of carboxylic acids is 1. The molecule has 2 unspecified atom stereocenters. The number of carbonyl (C=O) groups is 1. The SMILES string of the molecule is O=C(O)CC1(CCl)CC(F)C1(F)F. The van der Waals surface area contributed by atoms with Crippen LogP contribution < -0.4 is 0 Å². The lowest BCUT2D eigenvalue weighted by molar-refractivity contribution is -0.247. The fourth-order valence-corrected chi connectivity index (χ4v) is 1.86. The Morgan fingerprint density at radius 1 is 1.62 bits per heavy atom. The van der Waals surface area contributed by atoms with Gasteiger partial charge >= 0.3 is 5.97 Å². The molecular weight excluding hydrogens is 209 g/mol. The molecule has 1 aliphatic rings. The van der Waals surface area contributed by atoms with Gasteiger partial charge in [-0.15, -0.1) is 11.6 Å². The fourth-order valence-electron chi connectivity index (χ4n) is 1.48. The Morgan fingerprint density at radius 3 is 2.38 bits per heavy atom. The first-order chi connectivity index (χ1) is 5.85. The number of hydrogen-bond donors (Lipinski definition) is 1. The molecule has 0 aromatic carbocycles. The standard InChI is InChI=1S/C7H8ClF3O2/c8-3-6(2-5(12)13)1-4(9)7(6,10)11/h4H,1-3H2,(H,12,13). The van der Waals surface area contributed by atoms with Crippen LogP contribution in [0.3, 0.4) is 0 Å². The number of carboxylic acid groups (broad SMARTS) is 1. The fraction of sp³-hybridized carbons (Fsp3) is 0.857. The smallest absolute Gasteiger partial charge is 0.304 e. The Bertz CT molecular complexity index is 234. The van der Waals surface area contributed by atoms with E-state index in [0.717, 1.165) is 0 Å². The van der Waals surface area contributed by atoms with E-state index in [9.17, 15) is 18.0 Å². The lowest BCUT2D eigenvalue weighted by Gasteiger charge is -2.49. The summed E-state index contributed by atoms with van der Waals surface area (Å²) < 4.78 is 38.2. The number of halogens is 4. The molecule has 0 spiro atoms. The minimum absolute atomic E-state index is 0.476. The Kier molecular flexibility index (Phi) is 2.49. The van der Waals surface area contributed by atoms with E-state index in [4.69, 9.17) is 16.7 Å². The first-order valence-corrected chi connectivity index (χ1v) is 4.19. The van der Waals surface area contributed by atoms with Gasteiger partial charge < -0.3 is 5.11 Å². The van der Waals surface area contributed by atoms with Gasteiger partial charge in [0.1, 0.15) is 0 Å². The van der Waals surface area contributed by atoms with Crippen LogP contribution in [0.2, 0.25) is 0 Å². The number of alkyl halides is 4. The lowest BCUT2D eigenvalue weighted by atomic mass is 9.63. The van der Waals surface area contributed by atoms with Gasteiger partial charge in [0.2, 0.25) is 0 Å². The molecule has 1 fully saturated rings. The van der Waals surface area contributed by atoms with E-state index in [1.807, 2.05) is 0 Å². The van der Waals surface area contributed by atoms with E-state index < -0.39 is 42.2 Å². The van der Waals surface area contributed by atoms with E-state index in [-0.39, 0.29) is 0 Å². The van der Waals surface area contributed by atoms with E-state index in [0.29, 0.717) is 0 Å². The maximum atomic E-state index is 12.9. The van der Waals surface area contributed by atoms with Crippen LogP contribution in [0.4, 0.5) is 13.2 Å². The molecule has 2 atom stereocenters. The zero-order valence-electron chi connectivity index (χ0n) is 6.57. The molecule has 0 aromatic rings. The molecule has 1 N–H and O–H groups in total. The monoisotopic (exact) mass is 216 g/mol. The summed E-state index contributed by atoms with van der Waals surface area (Å²) in [6, 6.07) is 0. The van der Waals surface area contributed by atoms with Crippen molar-refractivity contribution >= 4 is 17.6 Å². The van der Waals surface area contributed by atoms with Gasteiger partial charge in [0.15, 0.2) is 6.17 Å². The second-order valence-electron chi connectivity index (χ2n) is 3.28. The summed E-state index contributed by atoms with van der Waals surface area (Å²) >= 11 is 5.24. The predicted molar refractivity (Wildman–Crippen MR) is 39.9 cm³/mol. The van der Waals surface area contributed by atoms with Crippen molar-refractivity contribution in [2.45, 2.75) is 24.9 Å². The topological polar surface area (TPSA) is 37.3 Å². The van der Waals surface area contributed by atoms with Crippen LogP contribution in [-0.4, -0.2) is 29.1 Å². The third kappa shape index (κ3) is 1.39. The number of hydrogen-bond acceptors (Lipinski definition) is 1. The minimum Gasteiger partial charge on any atom is -0.481 e. The van der Waals surface area contributed by atoms with Gasteiger partial charge in [0.25, 0.3) is 5.92 Å². The molecule has 0 amide bonds. The molecule has 1 aliphatic carbocycles. The van der Waals surface area contributed by atoms with Crippen molar-refractivity contribution in [3.05, 3.63) is 0 Å². The van der Waals surface area contributed by atoms with Gasteiger partial charge in [-0.05, 0) is 6.42 Å². The zero-order valence-corrected chi connectivity index (χ0v) is 7.32. The highest BCUT2D eigenvalue weighted by Crippen LogP contribution is 2.58. The maximum Gasteiger partial charge on any atom is 0.304 e. The lowest BCUT2D eigenvalue weighted by Crippen LogP contribution is -2.62. The maximum absolute atomic E-state index is 12.9. The molecule has 0 bridgehead atoms. The highest BCUT2D eigenvalue weighted by Gasteiger charge is 2.69. The molecular formula is C7H8ClF3O2. The molecule has 1 rings (SSSR count). The van der Waals surface area contributed by atoms with Gasteiger partial charge in [0, 0.05) is 5.88 Å². The molecule has 1 saturated carbocycles. The Labute approximate surface area is 77.7 Å². The molecule has 0 heterocycles. The average molecular weight is 217 g/mol. The summed E-state index contributed by atoms with van der Waals surface area (Å²) in [6.07, 6.45) is -3.52. The summed E-state index contributed by atoms with van der Waals surface area (Å²) in [7, 11) is 0. The summed E-state index contributed by atoms with van der Waals surface area (Å²) in [5, 5.41) is 8.35. The molecule has 6 heteroatoms. The van der Waals surface area contributed by atoms with E-state index in [2.05, 4.69) is 0 Å². The van der Waals surface area contributed by atoms with Crippen LogP contribution >= 0.6 is 11.6 Å². The second kappa shape index (κ2) is 3.04. The molecule has 0 saturated heterocycles. The van der Waals surface area contributed by atoms with E-state index >= 15 is 0 Å². The Morgan fingerprint density at radius 2 is 2.15 bits per heavy atom. The first kappa shape index (κ1) is 10.6. The first-order valence-electron chi connectivity index (χ1n) is 3.65. The van der Waals surface area contributed by atoms with Gasteiger partial charge in [-0.3, -0.25) is 4.79 Å². The summed E-state index contributed by atoms with van der Waals surface area (Å²) in [5.74, 6) is -5.52. The average Bonchev–Trinajstić information content (AvgIpc) is 2.02. The number of rotatable bonds is 3. The second-order valence-corrected chi connectivity index (χ2v) is 3.55. The van der Waals surface area contributed by atoms with Crippen molar-refractivity contribution in [2.75, 3.05) is 5.88 Å². The molecule has 0 radical (unpaired) electrons. The van der Waals surface area contributed by atoms with Crippen LogP contribution in [0.1, 0.15) is 12.8 Å². The highest BCUT2D eigenvalue weighted by atomic mass is 35.5. The van der Waals surface area contributed by atoms with Gasteiger partial charge in [-0.2, -0.15) is 0 Å². The van der Waals surface area contributed by atoms with Crippen molar-refractivity contribution in [1.82, 2.24) is 0 Å². The van der Waals surface area contributed by atoms with Crippen LogP contribution in [0.5, 0.6) is 0 Å². The van der Waals surface area contributed by atoms with Crippen LogP contribution in [0, 0.1) is 5.41 Å².